The van der Waals surface area contributed by atoms with E-state index in [2.05, 4.69) is 15.3 Å². The average molecular weight is 262 g/mol. The Hall–Kier alpha value is -1.95. The third kappa shape index (κ3) is 3.04. The van der Waals surface area contributed by atoms with Gasteiger partial charge < -0.3 is 10.2 Å². The molecule has 1 amide bonds. The second-order valence-corrected chi connectivity index (χ2v) is 4.96. The minimum atomic E-state index is -0.159. The fourth-order valence-corrected chi connectivity index (χ4v) is 2.00. The zero-order valence-corrected chi connectivity index (χ0v) is 11.1. The molecular formula is C12H14N4OS. The van der Waals surface area contributed by atoms with Gasteiger partial charge >= 0.3 is 0 Å². The van der Waals surface area contributed by atoms with Crippen molar-refractivity contribution in [2.75, 3.05) is 19.0 Å². The van der Waals surface area contributed by atoms with Gasteiger partial charge in [-0.1, -0.05) is 6.07 Å². The molecule has 94 valence electrons. The van der Waals surface area contributed by atoms with Gasteiger partial charge in [0.05, 0.1) is 12.1 Å². The van der Waals surface area contributed by atoms with Gasteiger partial charge in [0.15, 0.2) is 0 Å². The van der Waals surface area contributed by atoms with Gasteiger partial charge in [-0.25, -0.2) is 9.97 Å². The summed E-state index contributed by atoms with van der Waals surface area (Å²) in [7, 11) is 3.71. The Morgan fingerprint density at radius 2 is 2.11 bits per heavy atom. The Morgan fingerprint density at radius 3 is 2.67 bits per heavy atom. The lowest BCUT2D eigenvalue weighted by molar-refractivity contribution is 0.0950. The number of nitrogens with zero attached hydrogens (tertiary/aromatic N) is 3. The van der Waals surface area contributed by atoms with E-state index in [1.165, 1.54) is 12.4 Å². The summed E-state index contributed by atoms with van der Waals surface area (Å²) < 4.78 is 0. The van der Waals surface area contributed by atoms with E-state index in [1.54, 1.807) is 16.2 Å². The zero-order valence-electron chi connectivity index (χ0n) is 10.3. The third-order valence-electron chi connectivity index (χ3n) is 2.30. The summed E-state index contributed by atoms with van der Waals surface area (Å²) >= 11 is 1.61. The van der Waals surface area contributed by atoms with Crippen molar-refractivity contribution < 1.29 is 4.79 Å². The number of hydrogen-bond donors (Lipinski definition) is 1. The van der Waals surface area contributed by atoms with Crippen LogP contribution in [-0.4, -0.2) is 30.0 Å². The van der Waals surface area contributed by atoms with Crippen molar-refractivity contribution >= 4 is 23.2 Å². The predicted molar refractivity (Wildman–Crippen MR) is 71.8 cm³/mol. The highest BCUT2D eigenvalue weighted by Crippen LogP contribution is 2.08. The molecule has 18 heavy (non-hydrogen) atoms. The molecule has 0 fully saturated rings. The molecule has 0 aliphatic rings. The van der Waals surface area contributed by atoms with Gasteiger partial charge in [-0.15, -0.1) is 11.3 Å². The molecule has 2 rings (SSSR count). The van der Waals surface area contributed by atoms with Crippen LogP contribution in [0.25, 0.3) is 0 Å². The van der Waals surface area contributed by atoms with Crippen molar-refractivity contribution in [3.8, 4) is 0 Å². The Morgan fingerprint density at radius 1 is 1.39 bits per heavy atom. The number of carbonyl (C=O) groups is 1. The minimum Gasteiger partial charge on any atom is -0.347 e. The van der Waals surface area contributed by atoms with Crippen LogP contribution < -0.4 is 10.2 Å². The normalized spacial score (nSPS) is 10.1. The zero-order chi connectivity index (χ0) is 13.0. The number of aromatic nitrogens is 2. The second-order valence-electron chi connectivity index (χ2n) is 3.93. The van der Waals surface area contributed by atoms with E-state index in [4.69, 9.17) is 0 Å². The van der Waals surface area contributed by atoms with E-state index in [0.717, 1.165) is 4.88 Å². The van der Waals surface area contributed by atoms with Crippen molar-refractivity contribution in [3.63, 3.8) is 0 Å². The van der Waals surface area contributed by atoms with Gasteiger partial charge in [0.1, 0.15) is 0 Å². The molecule has 0 saturated heterocycles. The number of nitrogens with one attached hydrogen (secondary N) is 1. The van der Waals surface area contributed by atoms with E-state index >= 15 is 0 Å². The maximum atomic E-state index is 11.8. The topological polar surface area (TPSA) is 58.1 Å². The Bertz CT molecular complexity index is 507. The first-order chi connectivity index (χ1) is 8.66. The molecular weight excluding hydrogens is 248 g/mol. The molecule has 2 aromatic heterocycles. The Kier molecular flexibility index (Phi) is 3.88. The number of rotatable bonds is 4. The van der Waals surface area contributed by atoms with Crippen LogP contribution in [0.1, 0.15) is 15.2 Å². The monoisotopic (exact) mass is 262 g/mol. The van der Waals surface area contributed by atoms with Gasteiger partial charge in [0.2, 0.25) is 5.95 Å². The summed E-state index contributed by atoms with van der Waals surface area (Å²) in [5.41, 5.74) is 0.470. The second kappa shape index (κ2) is 5.59. The minimum absolute atomic E-state index is 0.159. The molecule has 1 N–H and O–H groups in total. The molecule has 0 unspecified atom stereocenters. The van der Waals surface area contributed by atoms with E-state index in [0.29, 0.717) is 18.1 Å². The Labute approximate surface area is 109 Å². The molecule has 0 atom stereocenters. The lowest BCUT2D eigenvalue weighted by Gasteiger charge is -2.09. The van der Waals surface area contributed by atoms with Crippen molar-refractivity contribution in [2.45, 2.75) is 6.54 Å². The van der Waals surface area contributed by atoms with Crippen molar-refractivity contribution in [2.24, 2.45) is 0 Å². The first-order valence-corrected chi connectivity index (χ1v) is 6.35. The molecule has 5 nitrogen and oxygen atoms in total. The largest absolute Gasteiger partial charge is 0.347 e. The van der Waals surface area contributed by atoms with Crippen LogP contribution in [0, 0.1) is 0 Å². The highest BCUT2D eigenvalue weighted by Gasteiger charge is 2.07. The summed E-state index contributed by atoms with van der Waals surface area (Å²) in [6.45, 7) is 0.534. The maximum absolute atomic E-state index is 11.8. The number of anilines is 1. The van der Waals surface area contributed by atoms with Gasteiger partial charge in [-0.2, -0.15) is 0 Å². The maximum Gasteiger partial charge on any atom is 0.254 e. The molecule has 0 aliphatic carbocycles. The molecule has 0 saturated carbocycles. The van der Waals surface area contributed by atoms with Crippen LogP contribution in [0.5, 0.6) is 0 Å². The summed E-state index contributed by atoms with van der Waals surface area (Å²) in [6, 6.07) is 3.94. The molecule has 0 bridgehead atoms. The molecule has 2 heterocycles. The van der Waals surface area contributed by atoms with Crippen LogP contribution in [0.3, 0.4) is 0 Å². The smallest absolute Gasteiger partial charge is 0.254 e. The van der Waals surface area contributed by atoms with Crippen LogP contribution in [0.2, 0.25) is 0 Å². The highest BCUT2D eigenvalue weighted by molar-refractivity contribution is 7.09. The molecule has 0 spiro atoms. The molecule has 0 aliphatic heterocycles. The van der Waals surface area contributed by atoms with Gasteiger partial charge in [-0.05, 0) is 11.4 Å². The standard InChI is InChI=1S/C12H14N4OS/c1-16(2)12-14-6-9(7-15-12)11(17)13-8-10-4-3-5-18-10/h3-7H,8H2,1-2H3,(H,13,17). The van der Waals surface area contributed by atoms with E-state index in [9.17, 15) is 4.79 Å². The first kappa shape index (κ1) is 12.5. The lowest BCUT2D eigenvalue weighted by atomic mass is 10.3. The summed E-state index contributed by atoms with van der Waals surface area (Å²) in [4.78, 5) is 22.9. The number of carbonyl (C=O) groups excluding carboxylic acids is 1. The molecule has 0 radical (unpaired) electrons. The average Bonchev–Trinajstić information content (AvgIpc) is 2.89. The van der Waals surface area contributed by atoms with Crippen molar-refractivity contribution in [1.29, 1.82) is 0 Å². The predicted octanol–water partition coefficient (Wildman–Crippen LogP) is 1.53. The van der Waals surface area contributed by atoms with Crippen LogP contribution in [-0.2, 0) is 6.54 Å². The fourth-order valence-electron chi connectivity index (χ4n) is 1.35. The number of amides is 1. The van der Waals surface area contributed by atoms with Gasteiger partial charge in [0, 0.05) is 31.4 Å². The number of hydrogen-bond acceptors (Lipinski definition) is 5. The quantitative estimate of drug-likeness (QED) is 0.908. The van der Waals surface area contributed by atoms with Crippen LogP contribution in [0.15, 0.2) is 29.9 Å². The summed E-state index contributed by atoms with van der Waals surface area (Å²) in [5, 5.41) is 4.81. The lowest BCUT2D eigenvalue weighted by Crippen LogP contribution is -2.23. The highest BCUT2D eigenvalue weighted by atomic mass is 32.1. The van der Waals surface area contributed by atoms with Crippen LogP contribution in [0.4, 0.5) is 5.95 Å². The fraction of sp³-hybridized carbons (Fsp3) is 0.250. The van der Waals surface area contributed by atoms with E-state index in [1.807, 2.05) is 31.6 Å². The molecule has 6 heteroatoms. The van der Waals surface area contributed by atoms with E-state index in [-0.39, 0.29) is 5.91 Å². The van der Waals surface area contributed by atoms with Crippen molar-refractivity contribution in [3.05, 3.63) is 40.3 Å². The summed E-state index contributed by atoms with van der Waals surface area (Å²) in [5.74, 6) is 0.429. The van der Waals surface area contributed by atoms with Gasteiger partial charge in [-0.3, -0.25) is 4.79 Å². The van der Waals surface area contributed by atoms with Gasteiger partial charge in [0.25, 0.3) is 5.91 Å². The van der Waals surface area contributed by atoms with Crippen molar-refractivity contribution in [1.82, 2.24) is 15.3 Å². The third-order valence-corrected chi connectivity index (χ3v) is 3.18. The SMILES string of the molecule is CN(C)c1ncc(C(=O)NCc2cccs2)cn1. The Balaban J connectivity index is 1.96. The van der Waals surface area contributed by atoms with Crippen LogP contribution >= 0.6 is 11.3 Å². The molecule has 2 aromatic rings. The first-order valence-electron chi connectivity index (χ1n) is 5.47. The van der Waals surface area contributed by atoms with E-state index < -0.39 is 0 Å². The molecule has 0 aromatic carbocycles. The summed E-state index contributed by atoms with van der Waals surface area (Å²) in [6.07, 6.45) is 3.07. The number of thiophene rings is 1.